The summed E-state index contributed by atoms with van der Waals surface area (Å²) in [5.41, 5.74) is 0.626. The molecule has 1 atom stereocenters. The van der Waals surface area contributed by atoms with Gasteiger partial charge in [0.1, 0.15) is 11.7 Å². The summed E-state index contributed by atoms with van der Waals surface area (Å²) in [6.07, 6.45) is -0.343. The Morgan fingerprint density at radius 3 is 2.62 bits per heavy atom. The zero-order valence-corrected chi connectivity index (χ0v) is 9.38. The van der Waals surface area contributed by atoms with Gasteiger partial charge < -0.3 is 10.4 Å². The zero-order valence-electron chi connectivity index (χ0n) is 8.62. The normalized spacial score (nSPS) is 12.2. The van der Waals surface area contributed by atoms with Crippen LogP contribution < -0.4 is 5.32 Å². The van der Waals surface area contributed by atoms with Crippen LogP contribution in [0.2, 0.25) is 0 Å². The van der Waals surface area contributed by atoms with Gasteiger partial charge in [-0.15, -0.1) is 11.6 Å². The van der Waals surface area contributed by atoms with Crippen molar-refractivity contribution in [2.75, 3.05) is 12.4 Å². The van der Waals surface area contributed by atoms with Crippen LogP contribution in [0.3, 0.4) is 0 Å². The summed E-state index contributed by atoms with van der Waals surface area (Å²) in [6.45, 7) is 0.337. The molecule has 0 heterocycles. The van der Waals surface area contributed by atoms with Crippen molar-refractivity contribution in [2.24, 2.45) is 0 Å². The van der Waals surface area contributed by atoms with Crippen molar-refractivity contribution >= 4 is 17.5 Å². The Labute approximate surface area is 98.2 Å². The standard InChI is InChI=1S/C11H13ClFNO2/c12-7-11(16)14-6-5-10(15)8-1-3-9(13)4-2-8/h1-4,10,15H,5-7H2,(H,14,16). The number of carbonyl (C=O) groups excluding carboxylic acids is 1. The molecule has 0 saturated heterocycles. The highest BCUT2D eigenvalue weighted by molar-refractivity contribution is 6.27. The molecular weight excluding hydrogens is 233 g/mol. The van der Waals surface area contributed by atoms with Crippen LogP contribution in [-0.2, 0) is 4.79 Å². The smallest absolute Gasteiger partial charge is 0.234 e. The number of carbonyl (C=O) groups is 1. The van der Waals surface area contributed by atoms with Crippen molar-refractivity contribution < 1.29 is 14.3 Å². The third-order valence-electron chi connectivity index (χ3n) is 2.12. The lowest BCUT2D eigenvalue weighted by atomic mass is 10.1. The molecule has 1 amide bonds. The third-order valence-corrected chi connectivity index (χ3v) is 2.36. The quantitative estimate of drug-likeness (QED) is 0.775. The number of rotatable bonds is 5. The highest BCUT2D eigenvalue weighted by atomic mass is 35.5. The zero-order chi connectivity index (χ0) is 12.0. The molecular formula is C11H13ClFNO2. The van der Waals surface area contributed by atoms with Crippen molar-refractivity contribution in [3.8, 4) is 0 Å². The lowest BCUT2D eigenvalue weighted by Gasteiger charge is -2.11. The molecule has 0 radical (unpaired) electrons. The predicted octanol–water partition coefficient (Wildman–Crippen LogP) is 1.60. The van der Waals surface area contributed by atoms with Crippen LogP contribution in [0.5, 0.6) is 0 Å². The number of aliphatic hydroxyl groups excluding tert-OH is 1. The van der Waals surface area contributed by atoms with Gasteiger partial charge >= 0.3 is 0 Å². The fourth-order valence-electron chi connectivity index (χ4n) is 1.25. The van der Waals surface area contributed by atoms with Crippen molar-refractivity contribution in [1.82, 2.24) is 5.32 Å². The topological polar surface area (TPSA) is 49.3 Å². The van der Waals surface area contributed by atoms with Gasteiger partial charge in [-0.25, -0.2) is 4.39 Å². The highest BCUT2D eigenvalue weighted by Crippen LogP contribution is 2.15. The number of amides is 1. The van der Waals surface area contributed by atoms with E-state index in [2.05, 4.69) is 5.32 Å². The summed E-state index contributed by atoms with van der Waals surface area (Å²) < 4.78 is 12.6. The van der Waals surface area contributed by atoms with Gasteiger partial charge in [0.25, 0.3) is 0 Å². The summed E-state index contributed by atoms with van der Waals surface area (Å²) in [6, 6.07) is 5.61. The van der Waals surface area contributed by atoms with Crippen LogP contribution >= 0.6 is 11.6 Å². The molecule has 0 spiro atoms. The Morgan fingerprint density at radius 1 is 1.44 bits per heavy atom. The number of aliphatic hydroxyl groups is 1. The molecule has 16 heavy (non-hydrogen) atoms. The maximum Gasteiger partial charge on any atom is 0.234 e. The summed E-state index contributed by atoms with van der Waals surface area (Å²) in [5, 5.41) is 12.2. The average molecular weight is 246 g/mol. The SMILES string of the molecule is O=C(CCl)NCCC(O)c1ccc(F)cc1. The van der Waals surface area contributed by atoms with Gasteiger partial charge in [-0.1, -0.05) is 12.1 Å². The summed E-state index contributed by atoms with van der Waals surface area (Å²) >= 11 is 5.29. The van der Waals surface area contributed by atoms with Crippen LogP contribution in [0.1, 0.15) is 18.1 Å². The molecule has 1 unspecified atom stereocenters. The van der Waals surface area contributed by atoms with Gasteiger partial charge in [-0.05, 0) is 24.1 Å². The van der Waals surface area contributed by atoms with Crippen LogP contribution in [0.25, 0.3) is 0 Å². The second-order valence-electron chi connectivity index (χ2n) is 3.34. The van der Waals surface area contributed by atoms with E-state index in [0.29, 0.717) is 18.5 Å². The summed E-state index contributed by atoms with van der Waals surface area (Å²) in [5.74, 6) is -0.702. The van der Waals surface area contributed by atoms with E-state index in [1.807, 2.05) is 0 Å². The molecule has 0 aliphatic rings. The van der Waals surface area contributed by atoms with E-state index >= 15 is 0 Å². The van der Waals surface area contributed by atoms with Crippen molar-refractivity contribution in [3.63, 3.8) is 0 Å². The number of halogens is 2. The van der Waals surface area contributed by atoms with E-state index in [4.69, 9.17) is 11.6 Å². The molecule has 88 valence electrons. The van der Waals surface area contributed by atoms with Crippen molar-refractivity contribution in [1.29, 1.82) is 0 Å². The van der Waals surface area contributed by atoms with Gasteiger partial charge in [0.05, 0.1) is 6.10 Å². The van der Waals surface area contributed by atoms with E-state index in [-0.39, 0.29) is 17.6 Å². The number of hydrogen-bond acceptors (Lipinski definition) is 2. The molecule has 1 rings (SSSR count). The largest absolute Gasteiger partial charge is 0.388 e. The monoisotopic (exact) mass is 245 g/mol. The Kier molecular flexibility index (Phi) is 5.22. The van der Waals surface area contributed by atoms with Crippen LogP contribution in [0, 0.1) is 5.82 Å². The molecule has 0 aliphatic carbocycles. The van der Waals surface area contributed by atoms with Crippen LogP contribution in [0.15, 0.2) is 24.3 Å². The minimum atomic E-state index is -0.712. The molecule has 3 nitrogen and oxygen atoms in total. The van der Waals surface area contributed by atoms with Crippen LogP contribution in [-0.4, -0.2) is 23.4 Å². The lowest BCUT2D eigenvalue weighted by molar-refractivity contribution is -0.118. The Morgan fingerprint density at radius 2 is 2.06 bits per heavy atom. The van der Waals surface area contributed by atoms with Crippen molar-refractivity contribution in [2.45, 2.75) is 12.5 Å². The van der Waals surface area contributed by atoms with E-state index < -0.39 is 6.10 Å². The first-order chi connectivity index (χ1) is 7.63. The Hall–Kier alpha value is -1.13. The van der Waals surface area contributed by atoms with E-state index in [0.717, 1.165) is 0 Å². The van der Waals surface area contributed by atoms with Gasteiger partial charge in [-0.2, -0.15) is 0 Å². The number of hydrogen-bond donors (Lipinski definition) is 2. The molecule has 0 saturated carbocycles. The number of benzene rings is 1. The maximum absolute atomic E-state index is 12.6. The number of alkyl halides is 1. The first kappa shape index (κ1) is 12.9. The predicted molar refractivity (Wildman–Crippen MR) is 59.7 cm³/mol. The van der Waals surface area contributed by atoms with Crippen molar-refractivity contribution in [3.05, 3.63) is 35.6 Å². The van der Waals surface area contributed by atoms with E-state index in [1.54, 1.807) is 0 Å². The molecule has 0 bridgehead atoms. The van der Waals surface area contributed by atoms with Gasteiger partial charge in [0, 0.05) is 6.54 Å². The molecule has 0 aliphatic heterocycles. The van der Waals surface area contributed by atoms with Gasteiger partial charge in [-0.3, -0.25) is 4.79 Å². The first-order valence-electron chi connectivity index (χ1n) is 4.89. The fraction of sp³-hybridized carbons (Fsp3) is 0.364. The molecule has 5 heteroatoms. The first-order valence-corrected chi connectivity index (χ1v) is 5.43. The van der Waals surface area contributed by atoms with Gasteiger partial charge in [0.15, 0.2) is 0 Å². The summed E-state index contributed by atoms with van der Waals surface area (Å²) in [7, 11) is 0. The van der Waals surface area contributed by atoms with E-state index in [1.165, 1.54) is 24.3 Å². The Balaban J connectivity index is 2.37. The second kappa shape index (κ2) is 6.45. The van der Waals surface area contributed by atoms with Gasteiger partial charge in [0.2, 0.25) is 5.91 Å². The molecule has 1 aromatic rings. The molecule has 0 fully saturated rings. The molecule has 0 aromatic heterocycles. The Bertz CT molecular complexity index is 342. The minimum absolute atomic E-state index is 0.0906. The number of nitrogens with one attached hydrogen (secondary N) is 1. The van der Waals surface area contributed by atoms with Crippen LogP contribution in [0.4, 0.5) is 4.39 Å². The average Bonchev–Trinajstić information content (AvgIpc) is 2.29. The third kappa shape index (κ3) is 4.16. The molecule has 1 aromatic carbocycles. The maximum atomic E-state index is 12.6. The summed E-state index contributed by atoms with van der Waals surface area (Å²) in [4.78, 5) is 10.8. The minimum Gasteiger partial charge on any atom is -0.388 e. The molecule has 2 N–H and O–H groups in total. The lowest BCUT2D eigenvalue weighted by Crippen LogP contribution is -2.26. The fourth-order valence-corrected chi connectivity index (χ4v) is 1.34. The van der Waals surface area contributed by atoms with E-state index in [9.17, 15) is 14.3 Å². The second-order valence-corrected chi connectivity index (χ2v) is 3.61. The highest BCUT2D eigenvalue weighted by Gasteiger charge is 2.07.